The molecule has 1 N–H and O–H groups in total. The third-order valence-corrected chi connectivity index (χ3v) is 2.85. The Morgan fingerprint density at radius 2 is 2.11 bits per heavy atom. The monoisotopic (exact) mass is 248 g/mol. The summed E-state index contributed by atoms with van der Waals surface area (Å²) in [6.07, 6.45) is 0.758. The number of hydrogen-bond acceptors (Lipinski definition) is 4. The molecule has 2 heterocycles. The predicted molar refractivity (Wildman–Crippen MR) is 66.8 cm³/mol. The number of carbonyl (C=O) groups excluding carboxylic acids is 1. The van der Waals surface area contributed by atoms with Crippen molar-refractivity contribution < 1.29 is 13.7 Å². The van der Waals surface area contributed by atoms with Gasteiger partial charge in [-0.15, -0.1) is 0 Å². The van der Waals surface area contributed by atoms with Crippen LogP contribution in [0.25, 0.3) is 0 Å². The zero-order chi connectivity index (χ0) is 13.3. The largest absolute Gasteiger partial charge is 0.466 e. The molecule has 0 atom stereocenters. The SMILES string of the molecule is CCc1c(C)noc1NC(=O)c1cc(C)oc1C. The third kappa shape index (κ3) is 2.16. The Morgan fingerprint density at radius 3 is 2.67 bits per heavy atom. The van der Waals surface area contributed by atoms with Crippen LogP contribution in [0.15, 0.2) is 15.0 Å². The van der Waals surface area contributed by atoms with E-state index in [0.717, 1.165) is 17.7 Å². The molecule has 0 aliphatic carbocycles. The van der Waals surface area contributed by atoms with Crippen molar-refractivity contribution in [1.29, 1.82) is 0 Å². The Hall–Kier alpha value is -2.04. The van der Waals surface area contributed by atoms with Gasteiger partial charge in [0.25, 0.3) is 5.91 Å². The summed E-state index contributed by atoms with van der Waals surface area (Å²) < 4.78 is 10.4. The first-order chi connectivity index (χ1) is 8.52. The van der Waals surface area contributed by atoms with Gasteiger partial charge in [-0.05, 0) is 33.3 Å². The lowest BCUT2D eigenvalue weighted by molar-refractivity contribution is 0.102. The maximum absolute atomic E-state index is 12.1. The van der Waals surface area contributed by atoms with Gasteiger partial charge >= 0.3 is 0 Å². The second kappa shape index (κ2) is 4.68. The van der Waals surface area contributed by atoms with Crippen molar-refractivity contribution in [2.45, 2.75) is 34.1 Å². The minimum atomic E-state index is -0.241. The van der Waals surface area contributed by atoms with Crippen LogP contribution >= 0.6 is 0 Å². The molecule has 0 aliphatic rings. The Labute approximate surface area is 105 Å². The molecule has 0 aromatic carbocycles. The highest BCUT2D eigenvalue weighted by Gasteiger charge is 2.18. The normalized spacial score (nSPS) is 10.7. The van der Waals surface area contributed by atoms with Gasteiger partial charge in [-0.1, -0.05) is 12.1 Å². The molecule has 0 fully saturated rings. The summed E-state index contributed by atoms with van der Waals surface area (Å²) in [6, 6.07) is 1.71. The van der Waals surface area contributed by atoms with E-state index in [-0.39, 0.29) is 5.91 Å². The summed E-state index contributed by atoms with van der Waals surface area (Å²) in [5.41, 5.74) is 2.23. The van der Waals surface area contributed by atoms with Gasteiger partial charge < -0.3 is 8.94 Å². The Kier molecular flexibility index (Phi) is 3.23. The molecule has 0 unspecified atom stereocenters. The maximum Gasteiger partial charge on any atom is 0.261 e. The molecular weight excluding hydrogens is 232 g/mol. The lowest BCUT2D eigenvalue weighted by Crippen LogP contribution is -2.12. The first-order valence-electron chi connectivity index (χ1n) is 5.86. The highest BCUT2D eigenvalue weighted by atomic mass is 16.5. The average molecular weight is 248 g/mol. The molecule has 2 rings (SSSR count). The summed E-state index contributed by atoms with van der Waals surface area (Å²) >= 11 is 0. The molecule has 0 aliphatic heterocycles. The van der Waals surface area contributed by atoms with E-state index in [1.54, 1.807) is 19.9 Å². The lowest BCUT2D eigenvalue weighted by atomic mass is 10.2. The van der Waals surface area contributed by atoms with E-state index < -0.39 is 0 Å². The number of amides is 1. The number of hydrogen-bond donors (Lipinski definition) is 1. The predicted octanol–water partition coefficient (Wildman–Crippen LogP) is 3.01. The highest BCUT2D eigenvalue weighted by Crippen LogP contribution is 2.21. The molecule has 2 aromatic rings. The molecule has 0 spiro atoms. The van der Waals surface area contributed by atoms with Crippen LogP contribution < -0.4 is 5.32 Å². The van der Waals surface area contributed by atoms with Crippen LogP contribution in [0.3, 0.4) is 0 Å². The highest BCUT2D eigenvalue weighted by molar-refractivity contribution is 6.04. The Morgan fingerprint density at radius 1 is 1.39 bits per heavy atom. The van der Waals surface area contributed by atoms with E-state index >= 15 is 0 Å². The van der Waals surface area contributed by atoms with Crippen molar-refractivity contribution in [1.82, 2.24) is 5.16 Å². The van der Waals surface area contributed by atoms with Gasteiger partial charge in [-0.2, -0.15) is 0 Å². The van der Waals surface area contributed by atoms with Crippen LogP contribution in [0.2, 0.25) is 0 Å². The molecule has 0 radical (unpaired) electrons. The third-order valence-electron chi connectivity index (χ3n) is 2.85. The van der Waals surface area contributed by atoms with Crippen molar-refractivity contribution in [3.8, 4) is 0 Å². The molecule has 5 nitrogen and oxygen atoms in total. The van der Waals surface area contributed by atoms with Crippen molar-refractivity contribution in [2.75, 3.05) is 5.32 Å². The number of aromatic nitrogens is 1. The van der Waals surface area contributed by atoms with E-state index in [9.17, 15) is 4.79 Å². The zero-order valence-electron chi connectivity index (χ0n) is 11.0. The molecule has 0 saturated heterocycles. The van der Waals surface area contributed by atoms with Gasteiger partial charge in [0.15, 0.2) is 0 Å². The van der Waals surface area contributed by atoms with Crippen molar-refractivity contribution in [2.24, 2.45) is 0 Å². The zero-order valence-corrected chi connectivity index (χ0v) is 11.0. The second-order valence-electron chi connectivity index (χ2n) is 4.21. The van der Waals surface area contributed by atoms with E-state index in [4.69, 9.17) is 8.94 Å². The van der Waals surface area contributed by atoms with E-state index in [1.165, 1.54) is 0 Å². The smallest absolute Gasteiger partial charge is 0.261 e. The minimum Gasteiger partial charge on any atom is -0.466 e. The van der Waals surface area contributed by atoms with Gasteiger partial charge in [0, 0.05) is 5.56 Å². The Balaban J connectivity index is 2.24. The number of furan rings is 1. The van der Waals surface area contributed by atoms with Crippen LogP contribution in [0, 0.1) is 20.8 Å². The summed E-state index contributed by atoms with van der Waals surface area (Å²) in [7, 11) is 0. The molecule has 96 valence electrons. The van der Waals surface area contributed by atoms with Crippen molar-refractivity contribution >= 4 is 11.8 Å². The standard InChI is InChI=1S/C13H16N2O3/c1-5-10-8(3)15-18-13(10)14-12(16)11-6-7(2)17-9(11)4/h6H,5H2,1-4H3,(H,14,16). The van der Waals surface area contributed by atoms with Crippen molar-refractivity contribution in [3.05, 3.63) is 34.4 Å². The number of nitrogens with one attached hydrogen (secondary N) is 1. The molecule has 0 bridgehead atoms. The Bertz CT molecular complexity index is 581. The van der Waals surface area contributed by atoms with E-state index in [0.29, 0.717) is 23.0 Å². The summed E-state index contributed by atoms with van der Waals surface area (Å²) in [4.78, 5) is 12.1. The van der Waals surface area contributed by atoms with E-state index in [2.05, 4.69) is 10.5 Å². The maximum atomic E-state index is 12.1. The van der Waals surface area contributed by atoms with Gasteiger partial charge in [0.2, 0.25) is 5.88 Å². The van der Waals surface area contributed by atoms with Gasteiger partial charge in [0.05, 0.1) is 11.3 Å². The summed E-state index contributed by atoms with van der Waals surface area (Å²) in [5, 5.41) is 6.57. The van der Waals surface area contributed by atoms with Gasteiger partial charge in [-0.3, -0.25) is 10.1 Å². The van der Waals surface area contributed by atoms with E-state index in [1.807, 2.05) is 13.8 Å². The average Bonchev–Trinajstić information content (AvgIpc) is 2.82. The fourth-order valence-electron chi connectivity index (χ4n) is 1.93. The number of rotatable bonds is 3. The van der Waals surface area contributed by atoms with Crippen LogP contribution in [0.4, 0.5) is 5.88 Å². The number of carbonyl (C=O) groups is 1. The van der Waals surface area contributed by atoms with Crippen LogP contribution in [0.5, 0.6) is 0 Å². The molecule has 2 aromatic heterocycles. The van der Waals surface area contributed by atoms with Crippen molar-refractivity contribution in [3.63, 3.8) is 0 Å². The fraction of sp³-hybridized carbons (Fsp3) is 0.385. The first-order valence-corrected chi connectivity index (χ1v) is 5.86. The fourth-order valence-corrected chi connectivity index (χ4v) is 1.93. The molecule has 1 amide bonds. The lowest BCUT2D eigenvalue weighted by Gasteiger charge is -2.01. The summed E-state index contributed by atoms with van der Waals surface area (Å²) in [5.74, 6) is 1.48. The minimum absolute atomic E-state index is 0.241. The molecular formula is C13H16N2O3. The number of nitrogens with zero attached hydrogens (tertiary/aromatic N) is 1. The molecule has 0 saturated carbocycles. The van der Waals surface area contributed by atoms with Crippen LogP contribution in [-0.2, 0) is 6.42 Å². The summed E-state index contributed by atoms with van der Waals surface area (Å²) in [6.45, 7) is 7.40. The molecule has 18 heavy (non-hydrogen) atoms. The number of anilines is 1. The van der Waals surface area contributed by atoms with Gasteiger partial charge in [0.1, 0.15) is 11.5 Å². The van der Waals surface area contributed by atoms with Gasteiger partial charge in [-0.25, -0.2) is 0 Å². The first kappa shape index (κ1) is 12.4. The van der Waals surface area contributed by atoms with Crippen LogP contribution in [0.1, 0.15) is 40.1 Å². The molecule has 5 heteroatoms. The number of aryl methyl sites for hydroxylation is 3. The van der Waals surface area contributed by atoms with Crippen LogP contribution in [-0.4, -0.2) is 11.1 Å². The second-order valence-corrected chi connectivity index (χ2v) is 4.21. The topological polar surface area (TPSA) is 68.3 Å². The quantitative estimate of drug-likeness (QED) is 0.906.